The number of pyridine rings is 1. The van der Waals surface area contributed by atoms with E-state index in [0.717, 1.165) is 0 Å². The highest BCUT2D eigenvalue weighted by molar-refractivity contribution is 6.38. The monoisotopic (exact) mass is 485 g/mol. The highest BCUT2D eigenvalue weighted by Gasteiger charge is 2.24. The van der Waals surface area contributed by atoms with Gasteiger partial charge in [-0.2, -0.15) is 5.10 Å². The number of anilines is 1. The van der Waals surface area contributed by atoms with Crippen LogP contribution in [0.25, 0.3) is 5.82 Å². The van der Waals surface area contributed by atoms with Crippen molar-refractivity contribution in [3.63, 3.8) is 0 Å². The molecule has 2 heterocycles. The molecule has 1 N–H and O–H groups in total. The fourth-order valence-corrected chi connectivity index (χ4v) is 3.53. The van der Waals surface area contributed by atoms with Crippen LogP contribution in [0.2, 0.25) is 20.2 Å². The summed E-state index contributed by atoms with van der Waals surface area (Å²) in [4.78, 5) is 31.4. The molecule has 2 amide bonds. The van der Waals surface area contributed by atoms with Crippen LogP contribution in [-0.2, 0) is 0 Å². The van der Waals surface area contributed by atoms with Gasteiger partial charge < -0.3 is 10.2 Å². The van der Waals surface area contributed by atoms with Crippen LogP contribution < -0.4 is 5.32 Å². The van der Waals surface area contributed by atoms with Gasteiger partial charge in [-0.15, -0.1) is 0 Å². The van der Waals surface area contributed by atoms with Crippen LogP contribution in [0.5, 0.6) is 0 Å². The lowest BCUT2D eigenvalue weighted by molar-refractivity contribution is 0.0803. The zero-order valence-electron chi connectivity index (χ0n) is 15.8. The van der Waals surface area contributed by atoms with Gasteiger partial charge in [0.2, 0.25) is 0 Å². The van der Waals surface area contributed by atoms with E-state index in [2.05, 4.69) is 15.4 Å². The molecule has 11 heteroatoms. The molecule has 2 aromatic heterocycles. The van der Waals surface area contributed by atoms with Crippen molar-refractivity contribution in [2.75, 3.05) is 18.9 Å². The molecular formula is C19H15Cl4N5O2. The number of amides is 2. The topological polar surface area (TPSA) is 80.1 Å². The number of aromatic nitrogens is 3. The van der Waals surface area contributed by atoms with Crippen LogP contribution in [0.15, 0.2) is 36.5 Å². The predicted molar refractivity (Wildman–Crippen MR) is 118 cm³/mol. The van der Waals surface area contributed by atoms with Gasteiger partial charge in [0.1, 0.15) is 5.69 Å². The third-order valence-electron chi connectivity index (χ3n) is 4.20. The summed E-state index contributed by atoms with van der Waals surface area (Å²) in [5.74, 6) is -0.745. The van der Waals surface area contributed by atoms with Crippen LogP contribution in [0.1, 0.15) is 27.8 Å². The van der Waals surface area contributed by atoms with Gasteiger partial charge in [0.15, 0.2) is 11.0 Å². The van der Waals surface area contributed by atoms with Gasteiger partial charge in [-0.1, -0.05) is 46.4 Å². The van der Waals surface area contributed by atoms with Gasteiger partial charge in [-0.05, 0) is 31.2 Å². The van der Waals surface area contributed by atoms with E-state index in [0.29, 0.717) is 6.54 Å². The lowest BCUT2D eigenvalue weighted by atomic mass is 10.1. The Morgan fingerprint density at radius 3 is 2.53 bits per heavy atom. The van der Waals surface area contributed by atoms with Crippen molar-refractivity contribution >= 4 is 63.9 Å². The van der Waals surface area contributed by atoms with Crippen LogP contribution in [-0.4, -0.2) is 45.1 Å². The van der Waals surface area contributed by atoms with E-state index in [1.165, 1.54) is 34.0 Å². The van der Waals surface area contributed by atoms with E-state index in [-0.39, 0.29) is 48.9 Å². The Morgan fingerprint density at radius 1 is 1.13 bits per heavy atom. The molecule has 1 aromatic carbocycles. The highest BCUT2D eigenvalue weighted by atomic mass is 35.5. The standard InChI is InChI=1S/C19H15Cl4N5O2/c1-3-27(2)19(30)11-7-10(20)8-13(22)16(11)25-18(29)14-9-15(23)26-28(14)17-12(21)5-4-6-24-17/h4-9H,3H2,1-2H3,(H,25,29). The Bertz CT molecular complexity index is 1130. The van der Waals surface area contributed by atoms with Crippen molar-refractivity contribution in [3.8, 4) is 5.82 Å². The molecule has 3 aromatic rings. The third kappa shape index (κ3) is 4.54. The predicted octanol–water partition coefficient (Wildman–Crippen LogP) is 5.23. The van der Waals surface area contributed by atoms with E-state index in [1.807, 2.05) is 6.92 Å². The van der Waals surface area contributed by atoms with Crippen molar-refractivity contribution in [1.82, 2.24) is 19.7 Å². The van der Waals surface area contributed by atoms with Crippen LogP contribution in [0.3, 0.4) is 0 Å². The van der Waals surface area contributed by atoms with E-state index < -0.39 is 5.91 Å². The van der Waals surface area contributed by atoms with Gasteiger partial charge in [-0.3, -0.25) is 9.59 Å². The second kappa shape index (κ2) is 9.22. The Kier molecular flexibility index (Phi) is 6.88. The first-order chi connectivity index (χ1) is 14.2. The molecule has 0 saturated heterocycles. The number of benzene rings is 1. The summed E-state index contributed by atoms with van der Waals surface area (Å²) in [5, 5.41) is 7.45. The molecule has 7 nitrogen and oxygen atoms in total. The molecule has 3 rings (SSSR count). The summed E-state index contributed by atoms with van der Waals surface area (Å²) in [6.07, 6.45) is 1.51. The third-order valence-corrected chi connectivity index (χ3v) is 5.19. The Morgan fingerprint density at radius 2 is 1.87 bits per heavy atom. The fraction of sp³-hybridized carbons (Fsp3) is 0.158. The van der Waals surface area contributed by atoms with Crippen molar-refractivity contribution in [2.24, 2.45) is 0 Å². The highest BCUT2D eigenvalue weighted by Crippen LogP contribution is 2.32. The van der Waals surface area contributed by atoms with Crippen LogP contribution >= 0.6 is 46.4 Å². The first kappa shape index (κ1) is 22.4. The number of carbonyl (C=O) groups excluding carboxylic acids is 2. The lowest BCUT2D eigenvalue weighted by Crippen LogP contribution is -2.28. The number of nitrogens with zero attached hydrogens (tertiary/aromatic N) is 4. The summed E-state index contributed by atoms with van der Waals surface area (Å²) in [7, 11) is 1.63. The van der Waals surface area contributed by atoms with Gasteiger partial charge >= 0.3 is 0 Å². The minimum absolute atomic E-state index is 0.0499. The molecule has 0 fully saturated rings. The SMILES string of the molecule is CCN(C)C(=O)c1cc(Cl)cc(Cl)c1NC(=O)c1cc(Cl)nn1-c1ncccc1Cl. The van der Waals surface area contributed by atoms with Gasteiger partial charge in [-0.25, -0.2) is 9.67 Å². The largest absolute Gasteiger partial charge is 0.342 e. The molecule has 0 aliphatic rings. The van der Waals surface area contributed by atoms with E-state index in [1.54, 1.807) is 19.2 Å². The summed E-state index contributed by atoms with van der Waals surface area (Å²) in [5.41, 5.74) is 0.319. The minimum atomic E-state index is -0.617. The second-order valence-electron chi connectivity index (χ2n) is 6.16. The summed E-state index contributed by atoms with van der Waals surface area (Å²) < 4.78 is 1.21. The molecule has 0 aliphatic carbocycles. The van der Waals surface area contributed by atoms with E-state index >= 15 is 0 Å². The second-order valence-corrected chi connectivity index (χ2v) is 7.79. The molecule has 0 spiro atoms. The number of hydrogen-bond donors (Lipinski definition) is 1. The maximum Gasteiger partial charge on any atom is 0.274 e. The quantitative estimate of drug-likeness (QED) is 0.535. The number of hydrogen-bond acceptors (Lipinski definition) is 4. The molecule has 0 saturated carbocycles. The van der Waals surface area contributed by atoms with Crippen molar-refractivity contribution in [3.05, 3.63) is 68.0 Å². The number of nitrogens with one attached hydrogen (secondary N) is 1. The Labute approximate surface area is 192 Å². The maximum absolute atomic E-state index is 13.1. The normalized spacial score (nSPS) is 10.7. The molecular weight excluding hydrogens is 472 g/mol. The summed E-state index contributed by atoms with van der Waals surface area (Å²) in [6.45, 7) is 2.27. The zero-order valence-corrected chi connectivity index (χ0v) is 18.8. The zero-order chi connectivity index (χ0) is 22.0. The van der Waals surface area contributed by atoms with Gasteiger partial charge in [0.05, 0.1) is 21.3 Å². The van der Waals surface area contributed by atoms with Crippen molar-refractivity contribution < 1.29 is 9.59 Å². The molecule has 0 atom stereocenters. The number of carbonyl (C=O) groups is 2. The van der Waals surface area contributed by atoms with E-state index in [4.69, 9.17) is 46.4 Å². The lowest BCUT2D eigenvalue weighted by Gasteiger charge is -2.19. The first-order valence-corrected chi connectivity index (χ1v) is 10.2. The molecule has 0 bridgehead atoms. The van der Waals surface area contributed by atoms with E-state index in [9.17, 15) is 9.59 Å². The molecule has 0 radical (unpaired) electrons. The molecule has 30 heavy (non-hydrogen) atoms. The van der Waals surface area contributed by atoms with Crippen molar-refractivity contribution in [1.29, 1.82) is 0 Å². The number of halogens is 4. The Balaban J connectivity index is 2.04. The minimum Gasteiger partial charge on any atom is -0.342 e. The van der Waals surface area contributed by atoms with Crippen molar-refractivity contribution in [2.45, 2.75) is 6.92 Å². The van der Waals surface area contributed by atoms with Crippen LogP contribution in [0.4, 0.5) is 5.69 Å². The molecule has 0 unspecified atom stereocenters. The number of rotatable bonds is 5. The smallest absolute Gasteiger partial charge is 0.274 e. The summed E-state index contributed by atoms with van der Waals surface area (Å²) >= 11 is 24.6. The fourth-order valence-electron chi connectivity index (χ4n) is 2.60. The maximum atomic E-state index is 13.1. The average molecular weight is 487 g/mol. The average Bonchev–Trinajstić information content (AvgIpc) is 3.10. The Hall–Kier alpha value is -2.32. The molecule has 0 aliphatic heterocycles. The summed E-state index contributed by atoms with van der Waals surface area (Å²) in [6, 6.07) is 7.48. The van der Waals surface area contributed by atoms with Crippen LogP contribution in [0, 0.1) is 0 Å². The molecule has 156 valence electrons. The van der Waals surface area contributed by atoms with Gasteiger partial charge in [0.25, 0.3) is 11.8 Å². The first-order valence-electron chi connectivity index (χ1n) is 8.65. The van der Waals surface area contributed by atoms with Gasteiger partial charge in [0, 0.05) is 30.9 Å².